The Balaban J connectivity index is 2.00. The number of aromatic carboxylic acids is 2. The van der Waals surface area contributed by atoms with Crippen LogP contribution in [0.2, 0.25) is 0 Å². The van der Waals surface area contributed by atoms with Crippen LogP contribution < -0.4 is 0 Å². The average molecular weight is 386 g/mol. The smallest absolute Gasteiger partial charge is 0.339 e. The summed E-state index contributed by atoms with van der Waals surface area (Å²) in [6.45, 7) is 1.74. The molecule has 0 bridgehead atoms. The molecular weight excluding hydrogens is 368 g/mol. The van der Waals surface area contributed by atoms with Gasteiger partial charge in [0.2, 0.25) is 0 Å². The molecule has 0 aliphatic heterocycles. The molecule has 0 atom stereocenters. The average Bonchev–Trinajstić information content (AvgIpc) is 2.69. The summed E-state index contributed by atoms with van der Waals surface area (Å²) in [7, 11) is 0. The molecule has 4 aromatic rings. The number of carbonyl (C=O) groups is 2. The van der Waals surface area contributed by atoms with Crippen molar-refractivity contribution in [1.29, 1.82) is 0 Å². The Hall–Kier alpha value is -3.86. The van der Waals surface area contributed by atoms with E-state index in [9.17, 15) is 24.9 Å². The standard InChI is InChI=1S/C24H18O5/c1-13-16(10-14-6-3-5-9-18(14)21(13)24(28)29)12-19-17-8-4-2-7-15(17)11-20(22(19)25)23(26)27/h2-11,25H,12H2,1H3,(H,26,27)(H,28,29). The first-order valence-corrected chi connectivity index (χ1v) is 9.10. The molecule has 0 unspecified atom stereocenters. The number of carboxylic acids is 2. The second kappa shape index (κ2) is 6.95. The zero-order valence-electron chi connectivity index (χ0n) is 15.6. The van der Waals surface area contributed by atoms with E-state index in [2.05, 4.69) is 0 Å². The normalized spacial score (nSPS) is 11.1. The number of rotatable bonds is 4. The summed E-state index contributed by atoms with van der Waals surface area (Å²) in [5, 5.41) is 32.8. The molecule has 4 aromatic carbocycles. The SMILES string of the molecule is Cc1c(Cc2c(O)c(C(=O)O)cc3ccccc23)cc2ccccc2c1C(=O)O. The van der Waals surface area contributed by atoms with Gasteiger partial charge in [0.25, 0.3) is 0 Å². The van der Waals surface area contributed by atoms with Gasteiger partial charge in [-0.3, -0.25) is 0 Å². The number of phenols is 1. The third-order valence-corrected chi connectivity index (χ3v) is 5.35. The highest BCUT2D eigenvalue weighted by atomic mass is 16.4. The molecule has 0 spiro atoms. The molecule has 3 N–H and O–H groups in total. The Morgan fingerprint density at radius 3 is 2.03 bits per heavy atom. The summed E-state index contributed by atoms with van der Waals surface area (Å²) in [6.07, 6.45) is 0.213. The van der Waals surface area contributed by atoms with E-state index in [0.29, 0.717) is 21.9 Å². The monoisotopic (exact) mass is 386 g/mol. The topological polar surface area (TPSA) is 94.8 Å². The third kappa shape index (κ3) is 3.06. The maximum atomic E-state index is 11.9. The molecule has 0 radical (unpaired) electrons. The molecule has 0 saturated carbocycles. The molecule has 0 aliphatic carbocycles. The van der Waals surface area contributed by atoms with E-state index >= 15 is 0 Å². The van der Waals surface area contributed by atoms with Gasteiger partial charge in [0.15, 0.2) is 0 Å². The molecule has 0 heterocycles. The number of fused-ring (bicyclic) bond motifs is 2. The fourth-order valence-corrected chi connectivity index (χ4v) is 3.91. The minimum Gasteiger partial charge on any atom is -0.507 e. The summed E-state index contributed by atoms with van der Waals surface area (Å²) in [4.78, 5) is 23.6. The van der Waals surface area contributed by atoms with Gasteiger partial charge in [-0.25, -0.2) is 9.59 Å². The van der Waals surface area contributed by atoms with Crippen LogP contribution in [0.1, 0.15) is 37.4 Å². The second-order valence-corrected chi connectivity index (χ2v) is 7.02. The molecular formula is C24H18O5. The van der Waals surface area contributed by atoms with Crippen LogP contribution in [0.4, 0.5) is 0 Å². The van der Waals surface area contributed by atoms with Crippen LogP contribution in [0.15, 0.2) is 60.7 Å². The van der Waals surface area contributed by atoms with Gasteiger partial charge in [-0.1, -0.05) is 54.6 Å². The van der Waals surface area contributed by atoms with Crippen molar-refractivity contribution in [2.75, 3.05) is 0 Å². The quantitative estimate of drug-likeness (QED) is 0.459. The number of hydrogen-bond acceptors (Lipinski definition) is 3. The lowest BCUT2D eigenvalue weighted by molar-refractivity contribution is 0.0684. The highest BCUT2D eigenvalue weighted by molar-refractivity contribution is 6.06. The van der Waals surface area contributed by atoms with Crippen LogP contribution in [0, 0.1) is 6.92 Å². The Morgan fingerprint density at radius 1 is 0.828 bits per heavy atom. The molecule has 5 heteroatoms. The zero-order chi connectivity index (χ0) is 20.7. The molecule has 0 aromatic heterocycles. The first-order valence-electron chi connectivity index (χ1n) is 9.10. The maximum absolute atomic E-state index is 11.9. The second-order valence-electron chi connectivity index (χ2n) is 7.02. The molecule has 0 amide bonds. The number of carboxylic acid groups (broad SMARTS) is 2. The summed E-state index contributed by atoms with van der Waals surface area (Å²) < 4.78 is 0. The molecule has 144 valence electrons. The van der Waals surface area contributed by atoms with Crippen LogP contribution in [0.5, 0.6) is 5.75 Å². The van der Waals surface area contributed by atoms with Gasteiger partial charge >= 0.3 is 11.9 Å². The van der Waals surface area contributed by atoms with Gasteiger partial charge in [-0.05, 0) is 45.7 Å². The summed E-state index contributed by atoms with van der Waals surface area (Å²) in [5.41, 5.74) is 1.84. The van der Waals surface area contributed by atoms with Crippen LogP contribution in [-0.4, -0.2) is 27.3 Å². The lowest BCUT2D eigenvalue weighted by Gasteiger charge is -2.16. The Morgan fingerprint density at radius 2 is 1.41 bits per heavy atom. The summed E-state index contributed by atoms with van der Waals surface area (Å²) in [5.74, 6) is -2.52. The van der Waals surface area contributed by atoms with Crippen LogP contribution in [0.3, 0.4) is 0 Å². The molecule has 0 fully saturated rings. The minimum atomic E-state index is -1.21. The van der Waals surface area contributed by atoms with Crippen molar-refractivity contribution < 1.29 is 24.9 Å². The van der Waals surface area contributed by atoms with Gasteiger partial charge in [0, 0.05) is 12.0 Å². The van der Waals surface area contributed by atoms with E-state index in [4.69, 9.17) is 0 Å². The lowest BCUT2D eigenvalue weighted by Crippen LogP contribution is -2.06. The van der Waals surface area contributed by atoms with Gasteiger partial charge in [0.1, 0.15) is 11.3 Å². The molecule has 0 aliphatic rings. The number of hydrogen-bond donors (Lipinski definition) is 3. The number of benzene rings is 4. The zero-order valence-corrected chi connectivity index (χ0v) is 15.6. The van der Waals surface area contributed by atoms with Crippen LogP contribution in [-0.2, 0) is 6.42 Å². The third-order valence-electron chi connectivity index (χ3n) is 5.35. The maximum Gasteiger partial charge on any atom is 0.339 e. The molecule has 0 saturated heterocycles. The van der Waals surface area contributed by atoms with Crippen molar-refractivity contribution in [2.45, 2.75) is 13.3 Å². The lowest BCUT2D eigenvalue weighted by atomic mass is 9.89. The predicted octanol–water partition coefficient (Wildman–Crippen LogP) is 4.99. The first-order chi connectivity index (χ1) is 13.9. The summed E-state index contributed by atoms with van der Waals surface area (Å²) >= 11 is 0. The Bertz CT molecular complexity index is 1300. The van der Waals surface area contributed by atoms with E-state index in [1.165, 1.54) is 6.07 Å². The van der Waals surface area contributed by atoms with Gasteiger partial charge in [0.05, 0.1) is 5.56 Å². The predicted molar refractivity (Wildman–Crippen MR) is 111 cm³/mol. The van der Waals surface area contributed by atoms with E-state index in [1.54, 1.807) is 31.2 Å². The number of aromatic hydroxyl groups is 1. The fourth-order valence-electron chi connectivity index (χ4n) is 3.91. The van der Waals surface area contributed by atoms with E-state index in [0.717, 1.165) is 16.3 Å². The molecule has 29 heavy (non-hydrogen) atoms. The van der Waals surface area contributed by atoms with Crippen LogP contribution >= 0.6 is 0 Å². The van der Waals surface area contributed by atoms with Crippen molar-refractivity contribution >= 4 is 33.5 Å². The highest BCUT2D eigenvalue weighted by Crippen LogP contribution is 2.35. The van der Waals surface area contributed by atoms with Gasteiger partial charge in [-0.15, -0.1) is 0 Å². The highest BCUT2D eigenvalue weighted by Gasteiger charge is 2.21. The largest absolute Gasteiger partial charge is 0.507 e. The molecule has 4 rings (SSSR count). The van der Waals surface area contributed by atoms with Crippen molar-refractivity contribution in [1.82, 2.24) is 0 Å². The van der Waals surface area contributed by atoms with Gasteiger partial charge in [-0.2, -0.15) is 0 Å². The van der Waals surface area contributed by atoms with E-state index in [-0.39, 0.29) is 23.3 Å². The Kier molecular flexibility index (Phi) is 4.43. The van der Waals surface area contributed by atoms with Crippen molar-refractivity contribution in [3.63, 3.8) is 0 Å². The first kappa shape index (κ1) is 18.5. The van der Waals surface area contributed by atoms with Crippen molar-refractivity contribution in [2.24, 2.45) is 0 Å². The van der Waals surface area contributed by atoms with Gasteiger partial charge < -0.3 is 15.3 Å². The van der Waals surface area contributed by atoms with Crippen LogP contribution in [0.25, 0.3) is 21.5 Å². The van der Waals surface area contributed by atoms with Crippen molar-refractivity contribution in [3.05, 3.63) is 88.5 Å². The summed E-state index contributed by atoms with van der Waals surface area (Å²) in [6, 6.07) is 17.8. The van der Waals surface area contributed by atoms with E-state index in [1.807, 2.05) is 30.3 Å². The van der Waals surface area contributed by atoms with Crippen molar-refractivity contribution in [3.8, 4) is 5.75 Å². The Labute approximate surface area is 166 Å². The minimum absolute atomic E-state index is 0.171. The fraction of sp³-hybridized carbons (Fsp3) is 0.0833. The van der Waals surface area contributed by atoms with E-state index < -0.39 is 11.9 Å². The molecule has 5 nitrogen and oxygen atoms in total.